The Balaban J connectivity index is 1.24. The summed E-state index contributed by atoms with van der Waals surface area (Å²) < 4.78 is 27.1. The molecule has 2 aliphatic rings. The van der Waals surface area contributed by atoms with E-state index in [1.165, 1.54) is 23.5 Å². The molecule has 1 aromatic carbocycles. The van der Waals surface area contributed by atoms with Crippen molar-refractivity contribution in [2.75, 3.05) is 13.1 Å². The zero-order valence-corrected chi connectivity index (χ0v) is 19.3. The number of aryl methyl sites for hydroxylation is 1. The molecular formula is C22H26N4O4S2. The Morgan fingerprint density at radius 1 is 1.12 bits per heavy atom. The van der Waals surface area contributed by atoms with Gasteiger partial charge in [-0.25, -0.2) is 22.9 Å². The fourth-order valence-corrected chi connectivity index (χ4v) is 5.97. The molecule has 3 amide bonds. The van der Waals surface area contributed by atoms with Crippen LogP contribution in [0.2, 0.25) is 0 Å². The third-order valence-electron chi connectivity index (χ3n) is 6.05. The molecule has 1 heterocycles. The highest BCUT2D eigenvalue weighted by atomic mass is 32.2. The van der Waals surface area contributed by atoms with E-state index in [1.54, 1.807) is 24.6 Å². The molecule has 3 N–H and O–H groups in total. The van der Waals surface area contributed by atoms with Gasteiger partial charge in [0, 0.05) is 13.1 Å². The number of hydrogen-bond acceptors (Lipinski definition) is 6. The van der Waals surface area contributed by atoms with Crippen LogP contribution in [0.25, 0.3) is 0 Å². The minimum Gasteiger partial charge on any atom is -0.351 e. The minimum absolute atomic E-state index is 0.0172. The third-order valence-corrected chi connectivity index (χ3v) is 8.33. The lowest BCUT2D eigenvalue weighted by Gasteiger charge is -2.18. The van der Waals surface area contributed by atoms with Gasteiger partial charge in [-0.1, -0.05) is 24.3 Å². The predicted octanol–water partition coefficient (Wildman–Crippen LogP) is 2.62. The summed E-state index contributed by atoms with van der Waals surface area (Å²) in [4.78, 5) is 28.9. The number of amides is 3. The Labute approximate surface area is 191 Å². The lowest BCUT2D eigenvalue weighted by atomic mass is 9.94. The maximum absolute atomic E-state index is 12.5. The van der Waals surface area contributed by atoms with Crippen LogP contribution in [-0.2, 0) is 16.4 Å². The molecule has 8 nitrogen and oxygen atoms in total. The van der Waals surface area contributed by atoms with Gasteiger partial charge in [0.25, 0.3) is 15.9 Å². The standard InChI is InChI=1S/C22H26N4O4S2/c1-14-20(31-13-25-14)21(27)23-9-8-15-3-6-19(7-4-15)32(29,30)26-22(28)24-12-18-11-16-2-5-17(18)10-16/h2-7,13,16-18H,8-12H2,1H3,(H,23,27)(H2,24,26,28). The first-order valence-electron chi connectivity index (χ1n) is 10.6. The number of benzene rings is 1. The summed E-state index contributed by atoms with van der Waals surface area (Å²) in [5.41, 5.74) is 3.21. The van der Waals surface area contributed by atoms with Gasteiger partial charge in [-0.05, 0) is 61.6 Å². The fraction of sp³-hybridized carbons (Fsp3) is 0.409. The van der Waals surface area contributed by atoms with E-state index in [1.807, 2.05) is 0 Å². The van der Waals surface area contributed by atoms with Crippen LogP contribution in [0.4, 0.5) is 4.79 Å². The Kier molecular flexibility index (Phi) is 6.61. The quantitative estimate of drug-likeness (QED) is 0.509. The maximum atomic E-state index is 12.5. The molecule has 2 aliphatic carbocycles. The average molecular weight is 475 g/mol. The van der Waals surface area contributed by atoms with Crippen molar-refractivity contribution in [2.45, 2.75) is 31.1 Å². The molecule has 1 saturated carbocycles. The number of nitrogens with one attached hydrogen (secondary N) is 3. The molecule has 0 radical (unpaired) electrons. The third kappa shape index (κ3) is 5.18. The second kappa shape index (κ2) is 9.41. The average Bonchev–Trinajstić information content (AvgIpc) is 3.49. The van der Waals surface area contributed by atoms with Crippen molar-refractivity contribution >= 4 is 33.3 Å². The van der Waals surface area contributed by atoms with Crippen LogP contribution in [0.1, 0.15) is 33.8 Å². The van der Waals surface area contributed by atoms with E-state index in [9.17, 15) is 18.0 Å². The molecule has 2 bridgehead atoms. The summed E-state index contributed by atoms with van der Waals surface area (Å²) in [7, 11) is -3.95. The highest BCUT2D eigenvalue weighted by Crippen LogP contribution is 2.42. The Morgan fingerprint density at radius 2 is 1.91 bits per heavy atom. The molecular weight excluding hydrogens is 448 g/mol. The van der Waals surface area contributed by atoms with Gasteiger partial charge in [-0.2, -0.15) is 0 Å². The number of allylic oxidation sites excluding steroid dienone is 2. The highest BCUT2D eigenvalue weighted by molar-refractivity contribution is 7.90. The van der Waals surface area contributed by atoms with Crippen LogP contribution in [0.15, 0.2) is 46.8 Å². The first kappa shape index (κ1) is 22.5. The molecule has 2 aromatic rings. The molecule has 4 rings (SSSR count). The van der Waals surface area contributed by atoms with Crippen molar-refractivity contribution in [3.05, 3.63) is 58.1 Å². The molecule has 3 atom stereocenters. The zero-order chi connectivity index (χ0) is 22.7. The molecule has 0 aliphatic heterocycles. The molecule has 32 heavy (non-hydrogen) atoms. The van der Waals surface area contributed by atoms with Gasteiger partial charge in [0.2, 0.25) is 0 Å². The summed E-state index contributed by atoms with van der Waals surface area (Å²) in [6, 6.07) is 5.57. The maximum Gasteiger partial charge on any atom is 0.328 e. The lowest BCUT2D eigenvalue weighted by Crippen LogP contribution is -2.41. The van der Waals surface area contributed by atoms with E-state index in [0.717, 1.165) is 18.4 Å². The van der Waals surface area contributed by atoms with Crippen molar-refractivity contribution in [3.8, 4) is 0 Å². The molecule has 3 unspecified atom stereocenters. The number of carbonyl (C=O) groups excluding carboxylic acids is 2. The van der Waals surface area contributed by atoms with Crippen LogP contribution in [0, 0.1) is 24.7 Å². The normalized spacial score (nSPS) is 21.5. The van der Waals surface area contributed by atoms with E-state index in [0.29, 0.717) is 47.8 Å². The van der Waals surface area contributed by atoms with Crippen molar-refractivity contribution in [3.63, 3.8) is 0 Å². The van der Waals surface area contributed by atoms with Crippen molar-refractivity contribution in [1.82, 2.24) is 20.3 Å². The van der Waals surface area contributed by atoms with Crippen molar-refractivity contribution < 1.29 is 18.0 Å². The number of hydrogen-bond donors (Lipinski definition) is 3. The first-order chi connectivity index (χ1) is 15.3. The number of thiazole rings is 1. The van der Waals surface area contributed by atoms with Gasteiger partial charge >= 0.3 is 6.03 Å². The molecule has 170 valence electrons. The number of nitrogens with zero attached hydrogens (tertiary/aromatic N) is 1. The molecule has 0 spiro atoms. The number of fused-ring (bicyclic) bond motifs is 2. The summed E-state index contributed by atoms with van der Waals surface area (Å²) in [6.45, 7) is 2.67. The number of sulfonamides is 1. The fourth-order valence-electron chi connectivity index (χ4n) is 4.33. The van der Waals surface area contributed by atoms with Crippen molar-refractivity contribution in [2.24, 2.45) is 17.8 Å². The summed E-state index contributed by atoms with van der Waals surface area (Å²) in [5.74, 6) is 1.29. The van der Waals surface area contributed by atoms with Gasteiger partial charge in [-0.15, -0.1) is 11.3 Å². The van der Waals surface area contributed by atoms with Crippen LogP contribution < -0.4 is 15.4 Å². The number of rotatable bonds is 8. The predicted molar refractivity (Wildman–Crippen MR) is 122 cm³/mol. The molecule has 1 aromatic heterocycles. The second-order valence-electron chi connectivity index (χ2n) is 8.27. The van der Waals surface area contributed by atoms with Crippen molar-refractivity contribution in [1.29, 1.82) is 0 Å². The van der Waals surface area contributed by atoms with Crippen LogP contribution in [0.3, 0.4) is 0 Å². The number of carbonyl (C=O) groups is 2. The lowest BCUT2D eigenvalue weighted by molar-refractivity contribution is 0.0957. The van der Waals surface area contributed by atoms with Crippen LogP contribution >= 0.6 is 11.3 Å². The van der Waals surface area contributed by atoms with E-state index in [4.69, 9.17) is 0 Å². The smallest absolute Gasteiger partial charge is 0.328 e. The van der Waals surface area contributed by atoms with Crippen LogP contribution in [0.5, 0.6) is 0 Å². The number of aromatic nitrogens is 1. The SMILES string of the molecule is Cc1ncsc1C(=O)NCCc1ccc(S(=O)(=O)NC(=O)NCC2CC3C=CC2C3)cc1. The van der Waals surface area contributed by atoms with E-state index < -0.39 is 16.1 Å². The van der Waals surface area contributed by atoms with Gasteiger partial charge in [0.15, 0.2) is 0 Å². The monoisotopic (exact) mass is 474 g/mol. The first-order valence-corrected chi connectivity index (χ1v) is 12.9. The Bertz CT molecular complexity index is 1130. The van der Waals surface area contributed by atoms with E-state index in [-0.39, 0.29) is 10.8 Å². The van der Waals surface area contributed by atoms with Gasteiger partial charge in [0.05, 0.1) is 16.1 Å². The van der Waals surface area contributed by atoms with Gasteiger partial charge in [-0.3, -0.25) is 4.79 Å². The van der Waals surface area contributed by atoms with E-state index in [2.05, 4.69) is 32.5 Å². The van der Waals surface area contributed by atoms with Crippen LogP contribution in [-0.4, -0.2) is 38.4 Å². The molecule has 0 saturated heterocycles. The second-order valence-corrected chi connectivity index (χ2v) is 10.8. The van der Waals surface area contributed by atoms with Gasteiger partial charge in [0.1, 0.15) is 4.88 Å². The highest BCUT2D eigenvalue weighted by Gasteiger charge is 2.35. The largest absolute Gasteiger partial charge is 0.351 e. The van der Waals surface area contributed by atoms with E-state index >= 15 is 0 Å². The van der Waals surface area contributed by atoms with Gasteiger partial charge < -0.3 is 10.6 Å². The molecule has 1 fully saturated rings. The Morgan fingerprint density at radius 3 is 2.53 bits per heavy atom. The summed E-state index contributed by atoms with van der Waals surface area (Å²) in [6.07, 6.45) is 7.15. The zero-order valence-electron chi connectivity index (χ0n) is 17.7. The minimum atomic E-state index is -3.95. The topological polar surface area (TPSA) is 117 Å². The summed E-state index contributed by atoms with van der Waals surface area (Å²) >= 11 is 1.29. The summed E-state index contributed by atoms with van der Waals surface area (Å²) in [5, 5.41) is 5.53. The number of urea groups is 1. The Hall–Kier alpha value is -2.72. The molecule has 10 heteroatoms.